The first-order chi connectivity index (χ1) is 14.2. The number of carbonyl (C=O) groups is 4. The van der Waals surface area contributed by atoms with Gasteiger partial charge in [0.25, 0.3) is 17.7 Å². The Morgan fingerprint density at radius 1 is 1.07 bits per heavy atom. The number of rotatable bonds is 6. The van der Waals surface area contributed by atoms with Gasteiger partial charge in [-0.05, 0) is 48.8 Å². The number of ether oxygens (including phenoxy) is 1. The number of amides is 3. The van der Waals surface area contributed by atoms with Gasteiger partial charge in [-0.15, -0.1) is 0 Å². The van der Waals surface area contributed by atoms with E-state index < -0.39 is 11.9 Å². The fraction of sp³-hybridized carbons (Fsp3) is 0.565. The van der Waals surface area contributed by atoms with Crippen LogP contribution in [0, 0.1) is 17.8 Å². The molecule has 162 valence electrons. The van der Waals surface area contributed by atoms with Crippen molar-refractivity contribution in [2.75, 3.05) is 26.2 Å². The Kier molecular flexibility index (Phi) is 6.58. The minimum atomic E-state index is -0.676. The number of carbonyl (C=O) groups excluding carboxylic acids is 4. The third-order valence-corrected chi connectivity index (χ3v) is 5.68. The lowest BCUT2D eigenvalue weighted by molar-refractivity contribution is -0.137. The van der Waals surface area contributed by atoms with Crippen LogP contribution in [0.5, 0.6) is 0 Å². The molecule has 0 saturated carbocycles. The van der Waals surface area contributed by atoms with Gasteiger partial charge in [0.2, 0.25) is 0 Å². The van der Waals surface area contributed by atoms with E-state index >= 15 is 0 Å². The largest absolute Gasteiger partial charge is 0.452 e. The Hall–Kier alpha value is -2.70. The van der Waals surface area contributed by atoms with Crippen LogP contribution in [-0.4, -0.2) is 59.7 Å². The maximum atomic E-state index is 12.6. The SMILES string of the molecule is CC(C)CCN1C(=O)c2ccc(C(=O)OCC(=O)N3C[C@H](C)C[C@@H](C)C3)cc2C1=O. The molecule has 0 bridgehead atoms. The molecular formula is C23H30N2O5. The summed E-state index contributed by atoms with van der Waals surface area (Å²) in [5, 5.41) is 0. The molecule has 0 N–H and O–H groups in total. The summed E-state index contributed by atoms with van der Waals surface area (Å²) in [6.07, 6.45) is 1.80. The highest BCUT2D eigenvalue weighted by Gasteiger charge is 2.36. The molecule has 2 aliphatic heterocycles. The summed E-state index contributed by atoms with van der Waals surface area (Å²) in [6.45, 7) is 9.63. The molecule has 3 amide bonds. The van der Waals surface area contributed by atoms with E-state index in [1.807, 2.05) is 13.8 Å². The molecule has 1 saturated heterocycles. The van der Waals surface area contributed by atoms with Gasteiger partial charge in [-0.1, -0.05) is 27.7 Å². The molecule has 0 aromatic heterocycles. The molecular weight excluding hydrogens is 384 g/mol. The van der Waals surface area contributed by atoms with Crippen molar-refractivity contribution in [3.8, 4) is 0 Å². The van der Waals surface area contributed by atoms with Crippen LogP contribution in [0.25, 0.3) is 0 Å². The van der Waals surface area contributed by atoms with Crippen molar-refractivity contribution in [3.63, 3.8) is 0 Å². The molecule has 0 radical (unpaired) electrons. The van der Waals surface area contributed by atoms with Gasteiger partial charge in [-0.3, -0.25) is 19.3 Å². The van der Waals surface area contributed by atoms with Gasteiger partial charge >= 0.3 is 5.97 Å². The molecule has 7 nitrogen and oxygen atoms in total. The standard InChI is InChI=1S/C23H30N2O5/c1-14(2)7-8-25-21(27)18-6-5-17(10-19(18)22(25)28)23(29)30-13-20(26)24-11-15(3)9-16(4)12-24/h5-6,10,14-16H,7-9,11-13H2,1-4H3/t15-,16-/m1/s1. The zero-order valence-electron chi connectivity index (χ0n) is 18.1. The van der Waals surface area contributed by atoms with Crippen molar-refractivity contribution >= 4 is 23.7 Å². The first kappa shape index (κ1) is 22.0. The molecule has 0 spiro atoms. The first-order valence-electron chi connectivity index (χ1n) is 10.6. The lowest BCUT2D eigenvalue weighted by Crippen LogP contribution is -2.44. The van der Waals surface area contributed by atoms with Crippen LogP contribution in [0.15, 0.2) is 18.2 Å². The Bertz CT molecular complexity index is 853. The summed E-state index contributed by atoms with van der Waals surface area (Å²) in [5.41, 5.74) is 0.671. The Balaban J connectivity index is 1.63. The second kappa shape index (κ2) is 8.98. The number of hydrogen-bond donors (Lipinski definition) is 0. The molecule has 1 aromatic carbocycles. The van der Waals surface area contributed by atoms with Crippen LogP contribution >= 0.6 is 0 Å². The molecule has 7 heteroatoms. The van der Waals surface area contributed by atoms with E-state index in [1.54, 1.807) is 4.90 Å². The van der Waals surface area contributed by atoms with Gasteiger partial charge in [0.15, 0.2) is 6.61 Å². The maximum Gasteiger partial charge on any atom is 0.338 e. The van der Waals surface area contributed by atoms with E-state index in [4.69, 9.17) is 4.74 Å². The van der Waals surface area contributed by atoms with Gasteiger partial charge < -0.3 is 9.64 Å². The highest BCUT2D eigenvalue weighted by Crippen LogP contribution is 2.25. The fourth-order valence-corrected chi connectivity index (χ4v) is 4.18. The number of hydrogen-bond acceptors (Lipinski definition) is 5. The van der Waals surface area contributed by atoms with E-state index in [-0.39, 0.29) is 29.5 Å². The molecule has 1 fully saturated rings. The van der Waals surface area contributed by atoms with E-state index in [9.17, 15) is 19.2 Å². The zero-order chi connectivity index (χ0) is 22.0. The normalized spacial score (nSPS) is 21.2. The molecule has 2 aliphatic rings. The highest BCUT2D eigenvalue weighted by atomic mass is 16.5. The van der Waals surface area contributed by atoms with Crippen molar-refractivity contribution in [3.05, 3.63) is 34.9 Å². The number of piperidine rings is 1. The maximum absolute atomic E-state index is 12.6. The summed E-state index contributed by atoms with van der Waals surface area (Å²) >= 11 is 0. The average molecular weight is 415 g/mol. The van der Waals surface area contributed by atoms with Crippen LogP contribution < -0.4 is 0 Å². The highest BCUT2D eigenvalue weighted by molar-refractivity contribution is 6.22. The second-order valence-corrected chi connectivity index (χ2v) is 9.03. The predicted octanol–water partition coefficient (Wildman–Crippen LogP) is 2.99. The van der Waals surface area contributed by atoms with Crippen LogP contribution in [0.3, 0.4) is 0 Å². The predicted molar refractivity (Wildman–Crippen MR) is 111 cm³/mol. The summed E-state index contributed by atoms with van der Waals surface area (Å²) in [5.74, 6) is -0.404. The van der Waals surface area contributed by atoms with Crippen molar-refractivity contribution in [1.82, 2.24) is 9.80 Å². The third kappa shape index (κ3) is 4.71. The van der Waals surface area contributed by atoms with E-state index in [1.165, 1.54) is 23.1 Å². The smallest absolute Gasteiger partial charge is 0.338 e. The lowest BCUT2D eigenvalue weighted by Gasteiger charge is -2.34. The number of nitrogens with zero attached hydrogens (tertiary/aromatic N) is 2. The lowest BCUT2D eigenvalue weighted by atomic mass is 9.92. The Morgan fingerprint density at radius 2 is 1.70 bits per heavy atom. The fourth-order valence-electron chi connectivity index (χ4n) is 4.18. The van der Waals surface area contributed by atoms with Gasteiger partial charge in [0.1, 0.15) is 0 Å². The van der Waals surface area contributed by atoms with Crippen molar-refractivity contribution < 1.29 is 23.9 Å². The summed E-state index contributed by atoms with van der Waals surface area (Å²) in [6, 6.07) is 4.34. The van der Waals surface area contributed by atoms with Gasteiger partial charge in [0, 0.05) is 19.6 Å². The van der Waals surface area contributed by atoms with Crippen LogP contribution in [0.2, 0.25) is 0 Å². The Morgan fingerprint density at radius 3 is 2.33 bits per heavy atom. The molecule has 0 unspecified atom stereocenters. The average Bonchev–Trinajstić information content (AvgIpc) is 2.93. The van der Waals surface area contributed by atoms with Crippen LogP contribution in [-0.2, 0) is 9.53 Å². The monoisotopic (exact) mass is 414 g/mol. The van der Waals surface area contributed by atoms with Crippen LogP contribution in [0.4, 0.5) is 0 Å². The minimum Gasteiger partial charge on any atom is -0.452 e. The summed E-state index contributed by atoms with van der Waals surface area (Å²) in [4.78, 5) is 52.9. The minimum absolute atomic E-state index is 0.161. The quantitative estimate of drug-likeness (QED) is 0.528. The van der Waals surface area contributed by atoms with Gasteiger partial charge in [-0.2, -0.15) is 0 Å². The first-order valence-corrected chi connectivity index (χ1v) is 10.6. The Labute approximate surface area is 177 Å². The van der Waals surface area contributed by atoms with Crippen molar-refractivity contribution in [1.29, 1.82) is 0 Å². The van der Waals surface area contributed by atoms with Gasteiger partial charge in [0.05, 0.1) is 16.7 Å². The van der Waals surface area contributed by atoms with E-state index in [0.717, 1.165) is 12.8 Å². The number of imide groups is 1. The van der Waals surface area contributed by atoms with E-state index in [0.29, 0.717) is 43.0 Å². The molecule has 2 heterocycles. The number of esters is 1. The molecule has 3 rings (SSSR count). The van der Waals surface area contributed by atoms with Crippen molar-refractivity contribution in [2.24, 2.45) is 17.8 Å². The third-order valence-electron chi connectivity index (χ3n) is 5.68. The van der Waals surface area contributed by atoms with Gasteiger partial charge in [-0.25, -0.2) is 4.79 Å². The summed E-state index contributed by atoms with van der Waals surface area (Å²) < 4.78 is 5.20. The zero-order valence-corrected chi connectivity index (χ0v) is 18.1. The molecule has 30 heavy (non-hydrogen) atoms. The van der Waals surface area contributed by atoms with Crippen LogP contribution in [0.1, 0.15) is 71.6 Å². The topological polar surface area (TPSA) is 84.0 Å². The van der Waals surface area contributed by atoms with E-state index in [2.05, 4.69) is 13.8 Å². The number of benzene rings is 1. The van der Waals surface area contributed by atoms with Crippen molar-refractivity contribution in [2.45, 2.75) is 40.5 Å². The molecule has 2 atom stereocenters. The number of fused-ring (bicyclic) bond motifs is 1. The summed E-state index contributed by atoms with van der Waals surface area (Å²) in [7, 11) is 0. The second-order valence-electron chi connectivity index (χ2n) is 9.03. The molecule has 1 aromatic rings. The molecule has 0 aliphatic carbocycles. The number of likely N-dealkylation sites (tertiary alicyclic amines) is 1.